The second kappa shape index (κ2) is 3.81. The van der Waals surface area contributed by atoms with Crippen molar-refractivity contribution in [3.8, 4) is 0 Å². The fourth-order valence-corrected chi connectivity index (χ4v) is 2.23. The molecule has 0 spiro atoms. The molecule has 2 amide bonds. The van der Waals surface area contributed by atoms with Gasteiger partial charge in [-0.3, -0.25) is 4.68 Å². The van der Waals surface area contributed by atoms with Crippen molar-refractivity contribution in [3.63, 3.8) is 0 Å². The van der Waals surface area contributed by atoms with E-state index in [-0.39, 0.29) is 6.03 Å². The Morgan fingerprint density at radius 3 is 2.75 bits per heavy atom. The molecule has 0 saturated carbocycles. The van der Waals surface area contributed by atoms with Gasteiger partial charge < -0.3 is 9.80 Å². The SMILES string of the molecule is Cc1nn(C)c2c1CCN(C(=O)N(C)C)C2. The van der Waals surface area contributed by atoms with E-state index in [1.54, 1.807) is 19.0 Å². The van der Waals surface area contributed by atoms with Gasteiger partial charge in [0.25, 0.3) is 0 Å². The maximum Gasteiger partial charge on any atom is 0.319 e. The van der Waals surface area contributed by atoms with E-state index in [4.69, 9.17) is 0 Å². The number of hydrogen-bond acceptors (Lipinski definition) is 2. The number of carbonyl (C=O) groups is 1. The summed E-state index contributed by atoms with van der Waals surface area (Å²) >= 11 is 0. The Hall–Kier alpha value is -1.52. The molecule has 0 bridgehead atoms. The van der Waals surface area contributed by atoms with Gasteiger partial charge in [0.1, 0.15) is 0 Å². The number of urea groups is 1. The van der Waals surface area contributed by atoms with Crippen molar-refractivity contribution in [2.75, 3.05) is 20.6 Å². The summed E-state index contributed by atoms with van der Waals surface area (Å²) in [6.07, 6.45) is 0.911. The molecule has 0 atom stereocenters. The van der Waals surface area contributed by atoms with E-state index in [1.807, 2.05) is 23.6 Å². The van der Waals surface area contributed by atoms with Crippen LogP contribution in [0.25, 0.3) is 0 Å². The zero-order valence-electron chi connectivity index (χ0n) is 10.3. The molecule has 2 rings (SSSR count). The number of carbonyl (C=O) groups excluding carboxylic acids is 1. The van der Waals surface area contributed by atoms with Gasteiger partial charge in [-0.2, -0.15) is 5.10 Å². The highest BCUT2D eigenvalue weighted by molar-refractivity contribution is 5.74. The van der Waals surface area contributed by atoms with Crippen LogP contribution in [-0.4, -0.2) is 46.3 Å². The number of fused-ring (bicyclic) bond motifs is 1. The predicted octanol–water partition coefficient (Wildman–Crippen LogP) is 0.768. The van der Waals surface area contributed by atoms with Gasteiger partial charge in [-0.25, -0.2) is 4.79 Å². The fraction of sp³-hybridized carbons (Fsp3) is 0.636. The molecule has 5 nitrogen and oxygen atoms in total. The summed E-state index contributed by atoms with van der Waals surface area (Å²) in [5, 5.41) is 4.40. The van der Waals surface area contributed by atoms with Crippen LogP contribution >= 0.6 is 0 Å². The normalized spacial score (nSPS) is 14.9. The molecule has 2 heterocycles. The van der Waals surface area contributed by atoms with Gasteiger partial charge in [0.2, 0.25) is 0 Å². The number of amides is 2. The molecule has 0 unspecified atom stereocenters. The predicted molar refractivity (Wildman–Crippen MR) is 61.1 cm³/mol. The third-order valence-electron chi connectivity index (χ3n) is 3.10. The van der Waals surface area contributed by atoms with Crippen molar-refractivity contribution in [1.82, 2.24) is 19.6 Å². The molecular weight excluding hydrogens is 204 g/mol. The summed E-state index contributed by atoms with van der Waals surface area (Å²) in [5.74, 6) is 0. The molecular formula is C11H18N4O. The van der Waals surface area contributed by atoms with Gasteiger partial charge in [0.15, 0.2) is 0 Å². The van der Waals surface area contributed by atoms with Crippen LogP contribution in [0.15, 0.2) is 0 Å². The Balaban J connectivity index is 2.24. The number of nitrogens with zero attached hydrogens (tertiary/aromatic N) is 4. The second-order valence-corrected chi connectivity index (χ2v) is 4.48. The van der Waals surface area contributed by atoms with Crippen molar-refractivity contribution in [3.05, 3.63) is 17.0 Å². The van der Waals surface area contributed by atoms with Crippen LogP contribution in [0, 0.1) is 6.92 Å². The monoisotopic (exact) mass is 222 g/mol. The first-order valence-electron chi connectivity index (χ1n) is 5.48. The maximum atomic E-state index is 11.8. The average molecular weight is 222 g/mol. The number of rotatable bonds is 0. The molecule has 0 radical (unpaired) electrons. The molecule has 5 heteroatoms. The molecule has 1 aromatic heterocycles. The summed E-state index contributed by atoms with van der Waals surface area (Å²) < 4.78 is 1.89. The van der Waals surface area contributed by atoms with E-state index in [0.29, 0.717) is 6.54 Å². The third-order valence-corrected chi connectivity index (χ3v) is 3.10. The van der Waals surface area contributed by atoms with Crippen LogP contribution in [0.1, 0.15) is 17.0 Å². The van der Waals surface area contributed by atoms with Crippen LogP contribution in [-0.2, 0) is 20.0 Å². The quantitative estimate of drug-likeness (QED) is 0.650. The molecule has 0 fully saturated rings. The standard InChI is InChI=1S/C11H18N4O/c1-8-9-5-6-15(11(16)13(2)3)7-10(9)14(4)12-8/h5-7H2,1-4H3. The largest absolute Gasteiger partial charge is 0.331 e. The lowest BCUT2D eigenvalue weighted by molar-refractivity contribution is 0.164. The van der Waals surface area contributed by atoms with Crippen LogP contribution < -0.4 is 0 Å². The number of aromatic nitrogens is 2. The number of hydrogen-bond donors (Lipinski definition) is 0. The highest BCUT2D eigenvalue weighted by atomic mass is 16.2. The van der Waals surface area contributed by atoms with Gasteiger partial charge in [0.05, 0.1) is 17.9 Å². The Labute approximate surface area is 95.6 Å². The van der Waals surface area contributed by atoms with E-state index in [0.717, 1.165) is 18.7 Å². The molecule has 0 aliphatic carbocycles. The van der Waals surface area contributed by atoms with Gasteiger partial charge in [-0.1, -0.05) is 0 Å². The smallest absolute Gasteiger partial charge is 0.319 e. The average Bonchev–Trinajstić information content (AvgIpc) is 2.53. The van der Waals surface area contributed by atoms with Crippen molar-refractivity contribution in [1.29, 1.82) is 0 Å². The summed E-state index contributed by atoms with van der Waals surface area (Å²) in [5.41, 5.74) is 3.57. The van der Waals surface area contributed by atoms with Gasteiger partial charge in [-0.05, 0) is 18.9 Å². The lowest BCUT2D eigenvalue weighted by Crippen LogP contribution is -2.42. The Morgan fingerprint density at radius 1 is 1.44 bits per heavy atom. The zero-order valence-corrected chi connectivity index (χ0v) is 10.3. The van der Waals surface area contributed by atoms with Crippen LogP contribution in [0.4, 0.5) is 4.79 Å². The minimum Gasteiger partial charge on any atom is -0.331 e. The van der Waals surface area contributed by atoms with Gasteiger partial charge in [-0.15, -0.1) is 0 Å². The highest BCUT2D eigenvalue weighted by Crippen LogP contribution is 2.21. The molecule has 0 aromatic carbocycles. The maximum absolute atomic E-state index is 11.8. The van der Waals surface area contributed by atoms with Gasteiger partial charge >= 0.3 is 6.03 Å². The van der Waals surface area contributed by atoms with Crippen LogP contribution in [0.5, 0.6) is 0 Å². The van der Waals surface area contributed by atoms with Crippen molar-refractivity contribution >= 4 is 6.03 Å². The topological polar surface area (TPSA) is 41.4 Å². The summed E-state index contributed by atoms with van der Waals surface area (Å²) in [6.45, 7) is 3.49. The van der Waals surface area contributed by atoms with E-state index in [9.17, 15) is 4.79 Å². The minimum atomic E-state index is 0.0736. The summed E-state index contributed by atoms with van der Waals surface area (Å²) in [4.78, 5) is 15.3. The second-order valence-electron chi connectivity index (χ2n) is 4.48. The van der Waals surface area contributed by atoms with Gasteiger partial charge in [0, 0.05) is 27.7 Å². The third kappa shape index (κ3) is 1.66. The van der Waals surface area contributed by atoms with E-state index >= 15 is 0 Å². The Kier molecular flexibility index (Phi) is 2.61. The Morgan fingerprint density at radius 2 is 2.12 bits per heavy atom. The first-order chi connectivity index (χ1) is 7.50. The van der Waals surface area contributed by atoms with E-state index < -0.39 is 0 Å². The molecule has 0 N–H and O–H groups in total. The highest BCUT2D eigenvalue weighted by Gasteiger charge is 2.25. The van der Waals surface area contributed by atoms with Crippen LogP contribution in [0.2, 0.25) is 0 Å². The lowest BCUT2D eigenvalue weighted by atomic mass is 10.1. The lowest BCUT2D eigenvalue weighted by Gasteiger charge is -2.29. The van der Waals surface area contributed by atoms with Crippen LogP contribution in [0.3, 0.4) is 0 Å². The van der Waals surface area contributed by atoms with E-state index in [1.165, 1.54) is 11.3 Å². The zero-order chi connectivity index (χ0) is 11.9. The molecule has 1 aliphatic rings. The molecule has 1 aliphatic heterocycles. The first-order valence-corrected chi connectivity index (χ1v) is 5.48. The minimum absolute atomic E-state index is 0.0736. The molecule has 88 valence electrons. The number of aryl methyl sites for hydroxylation is 2. The Bertz CT molecular complexity index is 422. The molecule has 16 heavy (non-hydrogen) atoms. The van der Waals surface area contributed by atoms with Crippen molar-refractivity contribution < 1.29 is 4.79 Å². The summed E-state index contributed by atoms with van der Waals surface area (Å²) in [7, 11) is 5.51. The summed E-state index contributed by atoms with van der Waals surface area (Å²) in [6, 6.07) is 0.0736. The van der Waals surface area contributed by atoms with Crippen molar-refractivity contribution in [2.45, 2.75) is 19.9 Å². The molecule has 0 saturated heterocycles. The van der Waals surface area contributed by atoms with Crippen molar-refractivity contribution in [2.24, 2.45) is 7.05 Å². The molecule has 1 aromatic rings. The first kappa shape index (κ1) is 11.0. The fourth-order valence-electron chi connectivity index (χ4n) is 2.23. The van der Waals surface area contributed by atoms with E-state index in [2.05, 4.69) is 5.10 Å².